The summed E-state index contributed by atoms with van der Waals surface area (Å²) in [4.78, 5) is 0. The Morgan fingerprint density at radius 3 is 2.00 bits per heavy atom. The molecule has 0 saturated heterocycles. The molecule has 1 rings (SSSR count). The van der Waals surface area contributed by atoms with Gasteiger partial charge < -0.3 is 5.11 Å². The molecule has 0 aromatic rings. The summed E-state index contributed by atoms with van der Waals surface area (Å²) in [5.74, 6) is 0. The second-order valence-corrected chi connectivity index (χ2v) is 3.73. The predicted octanol–water partition coefficient (Wildman–Crippen LogP) is 2.65. The molecule has 0 bridgehead atoms. The summed E-state index contributed by atoms with van der Waals surface area (Å²) < 4.78 is 0. The van der Waals surface area contributed by atoms with E-state index in [1.807, 2.05) is 6.92 Å². The van der Waals surface area contributed by atoms with Crippen LogP contribution in [-0.2, 0) is 0 Å². The van der Waals surface area contributed by atoms with E-state index in [0.29, 0.717) is 0 Å². The molecule has 0 radical (unpaired) electrons. The molecule has 0 aromatic heterocycles. The minimum atomic E-state index is -0.531. The topological polar surface area (TPSA) is 20.2 Å². The summed E-state index contributed by atoms with van der Waals surface area (Å²) >= 11 is 0. The lowest BCUT2D eigenvalue weighted by atomic mass is 9.88. The molecule has 0 atom stereocenters. The van der Waals surface area contributed by atoms with Crippen molar-refractivity contribution in [2.24, 2.45) is 0 Å². The van der Waals surface area contributed by atoms with E-state index in [1.165, 1.54) is 12.8 Å². The van der Waals surface area contributed by atoms with E-state index >= 15 is 0 Å². The largest absolute Gasteiger partial charge is 0.386 e. The lowest BCUT2D eigenvalue weighted by Gasteiger charge is -2.26. The van der Waals surface area contributed by atoms with Crippen molar-refractivity contribution in [3.63, 3.8) is 0 Å². The lowest BCUT2D eigenvalue weighted by Crippen LogP contribution is -2.28. The van der Waals surface area contributed by atoms with Crippen LogP contribution in [0.5, 0.6) is 0 Å². The van der Waals surface area contributed by atoms with Crippen LogP contribution in [0, 0.1) is 0 Å². The highest BCUT2D eigenvalue weighted by Gasteiger charge is 2.28. The van der Waals surface area contributed by atoms with Gasteiger partial charge in [-0.1, -0.05) is 32.3 Å². The third kappa shape index (κ3) is 2.06. The van der Waals surface area contributed by atoms with Gasteiger partial charge in [0.25, 0.3) is 0 Å². The fourth-order valence-corrected chi connectivity index (χ4v) is 1.74. The molecule has 1 N–H and O–H groups in total. The maximum absolute atomic E-state index is 10.0. The summed E-state index contributed by atoms with van der Waals surface area (Å²) in [6.45, 7) is 5.78. The molecule has 0 aromatic carbocycles. The van der Waals surface area contributed by atoms with Crippen LogP contribution >= 0.6 is 0 Å². The first-order valence-electron chi connectivity index (χ1n) is 4.53. The van der Waals surface area contributed by atoms with Crippen LogP contribution in [0.1, 0.15) is 45.4 Å². The molecule has 0 unspecified atom stereocenters. The average Bonchev–Trinajstić information content (AvgIpc) is 2.15. The Bertz CT molecular complexity index is 141. The summed E-state index contributed by atoms with van der Waals surface area (Å²) in [5, 5.41) is 10.0. The molecule has 1 aliphatic carbocycles. The van der Waals surface area contributed by atoms with Gasteiger partial charge in [-0.05, 0) is 25.3 Å². The van der Waals surface area contributed by atoms with Crippen LogP contribution in [0.25, 0.3) is 0 Å². The van der Waals surface area contributed by atoms with E-state index in [-0.39, 0.29) is 0 Å². The number of hydrogen-bond acceptors (Lipinski definition) is 1. The van der Waals surface area contributed by atoms with Crippen molar-refractivity contribution >= 4 is 0 Å². The van der Waals surface area contributed by atoms with Gasteiger partial charge in [-0.3, -0.25) is 0 Å². The fourth-order valence-electron chi connectivity index (χ4n) is 1.74. The second-order valence-electron chi connectivity index (χ2n) is 3.73. The summed E-state index contributed by atoms with van der Waals surface area (Å²) in [6.07, 6.45) is 6.70. The van der Waals surface area contributed by atoms with Crippen molar-refractivity contribution in [1.82, 2.24) is 0 Å². The second kappa shape index (κ2) is 3.40. The van der Waals surface area contributed by atoms with Crippen LogP contribution in [-0.4, -0.2) is 10.7 Å². The molecule has 0 heterocycles. The molecule has 1 fully saturated rings. The maximum Gasteiger partial charge on any atom is 0.0851 e. The fraction of sp³-hybridized carbons (Fsp3) is 0.800. The molecule has 1 saturated carbocycles. The van der Waals surface area contributed by atoms with E-state index < -0.39 is 5.60 Å². The van der Waals surface area contributed by atoms with Crippen LogP contribution in [0.15, 0.2) is 12.2 Å². The molecule has 64 valence electrons. The SMILES string of the molecule is C=C(C)C1(O)CCCCCC1. The van der Waals surface area contributed by atoms with Crippen molar-refractivity contribution < 1.29 is 5.11 Å². The van der Waals surface area contributed by atoms with Gasteiger partial charge in [0.15, 0.2) is 0 Å². The first-order chi connectivity index (χ1) is 5.15. The van der Waals surface area contributed by atoms with Gasteiger partial charge in [0.2, 0.25) is 0 Å². The van der Waals surface area contributed by atoms with Crippen LogP contribution < -0.4 is 0 Å². The van der Waals surface area contributed by atoms with E-state index in [9.17, 15) is 5.11 Å². The minimum Gasteiger partial charge on any atom is -0.386 e. The van der Waals surface area contributed by atoms with Crippen molar-refractivity contribution in [3.8, 4) is 0 Å². The van der Waals surface area contributed by atoms with E-state index in [1.54, 1.807) is 0 Å². The zero-order valence-corrected chi connectivity index (χ0v) is 7.40. The quantitative estimate of drug-likeness (QED) is 0.454. The summed E-state index contributed by atoms with van der Waals surface area (Å²) in [7, 11) is 0. The first kappa shape index (κ1) is 8.79. The third-order valence-electron chi connectivity index (χ3n) is 2.73. The first-order valence-corrected chi connectivity index (χ1v) is 4.53. The number of hydrogen-bond donors (Lipinski definition) is 1. The van der Waals surface area contributed by atoms with Crippen molar-refractivity contribution in [2.75, 3.05) is 0 Å². The Hall–Kier alpha value is -0.300. The highest BCUT2D eigenvalue weighted by atomic mass is 16.3. The Kier molecular flexibility index (Phi) is 2.72. The normalized spacial score (nSPS) is 24.2. The van der Waals surface area contributed by atoms with Gasteiger partial charge in [-0.25, -0.2) is 0 Å². The molecule has 1 aliphatic rings. The molecular formula is C10H18O. The van der Waals surface area contributed by atoms with Gasteiger partial charge in [-0.15, -0.1) is 0 Å². The minimum absolute atomic E-state index is 0.531. The van der Waals surface area contributed by atoms with Crippen molar-refractivity contribution in [3.05, 3.63) is 12.2 Å². The van der Waals surface area contributed by atoms with Gasteiger partial charge in [0.1, 0.15) is 0 Å². The van der Waals surface area contributed by atoms with E-state index in [2.05, 4.69) is 6.58 Å². The lowest BCUT2D eigenvalue weighted by molar-refractivity contribution is 0.0628. The summed E-state index contributed by atoms with van der Waals surface area (Å²) in [5.41, 5.74) is 0.413. The van der Waals surface area contributed by atoms with Crippen LogP contribution in [0.4, 0.5) is 0 Å². The maximum atomic E-state index is 10.0. The smallest absolute Gasteiger partial charge is 0.0851 e. The highest BCUT2D eigenvalue weighted by Crippen LogP contribution is 2.31. The van der Waals surface area contributed by atoms with Gasteiger partial charge in [0.05, 0.1) is 5.60 Å². The summed E-state index contributed by atoms with van der Waals surface area (Å²) in [6, 6.07) is 0. The van der Waals surface area contributed by atoms with Crippen LogP contribution in [0.2, 0.25) is 0 Å². The standard InChI is InChI=1S/C10H18O/c1-9(2)10(11)7-5-3-4-6-8-10/h11H,1,3-8H2,2H3. The Morgan fingerprint density at radius 2 is 1.64 bits per heavy atom. The Morgan fingerprint density at radius 1 is 1.18 bits per heavy atom. The third-order valence-corrected chi connectivity index (χ3v) is 2.73. The average molecular weight is 154 g/mol. The predicted molar refractivity (Wildman–Crippen MR) is 47.5 cm³/mol. The van der Waals surface area contributed by atoms with E-state index in [0.717, 1.165) is 31.3 Å². The molecule has 0 spiro atoms. The molecule has 1 nitrogen and oxygen atoms in total. The molecular weight excluding hydrogens is 136 g/mol. The van der Waals surface area contributed by atoms with E-state index in [4.69, 9.17) is 0 Å². The van der Waals surface area contributed by atoms with Crippen molar-refractivity contribution in [1.29, 1.82) is 0 Å². The molecule has 0 aliphatic heterocycles. The molecule has 1 heteroatoms. The van der Waals surface area contributed by atoms with Crippen molar-refractivity contribution in [2.45, 2.75) is 51.0 Å². The van der Waals surface area contributed by atoms with Gasteiger partial charge in [0, 0.05) is 0 Å². The van der Waals surface area contributed by atoms with Gasteiger partial charge in [-0.2, -0.15) is 0 Å². The zero-order valence-electron chi connectivity index (χ0n) is 7.40. The number of aliphatic hydroxyl groups is 1. The highest BCUT2D eigenvalue weighted by molar-refractivity contribution is 5.09. The monoisotopic (exact) mass is 154 g/mol. The molecule has 0 amide bonds. The zero-order chi connectivity index (χ0) is 8.32. The van der Waals surface area contributed by atoms with Gasteiger partial charge >= 0.3 is 0 Å². The molecule has 11 heavy (non-hydrogen) atoms. The number of rotatable bonds is 1. The Balaban J connectivity index is 2.59. The van der Waals surface area contributed by atoms with Crippen LogP contribution in [0.3, 0.4) is 0 Å². The Labute approximate surface area is 69.1 Å².